The van der Waals surface area contributed by atoms with Gasteiger partial charge in [-0.1, -0.05) is 6.07 Å². The molecule has 0 unspecified atom stereocenters. The number of phenolic OH excluding ortho intramolecular Hbond substituents is 1. The predicted octanol–water partition coefficient (Wildman–Crippen LogP) is 2.03. The van der Waals surface area contributed by atoms with E-state index in [0.717, 1.165) is 5.56 Å². The highest BCUT2D eigenvalue weighted by molar-refractivity contribution is 7.92. The second-order valence-electron chi connectivity index (χ2n) is 4.63. The standard InChI is InChI=1S/C13H17N3O3S/c1-4-16-7-12(14-8-16)20(18,19)15-11-6-9(2)5-10(3)13(11)17/h5-8,15,17H,4H2,1-3H3. The van der Waals surface area contributed by atoms with Crippen LogP contribution in [0.4, 0.5) is 5.69 Å². The number of benzene rings is 1. The second kappa shape index (κ2) is 5.16. The number of imidazole rings is 1. The lowest BCUT2D eigenvalue weighted by atomic mass is 10.1. The van der Waals surface area contributed by atoms with E-state index in [0.29, 0.717) is 12.1 Å². The first-order valence-electron chi connectivity index (χ1n) is 6.18. The fraction of sp³-hybridized carbons (Fsp3) is 0.308. The summed E-state index contributed by atoms with van der Waals surface area (Å²) in [6.45, 7) is 6.07. The second-order valence-corrected chi connectivity index (χ2v) is 6.26. The topological polar surface area (TPSA) is 84.2 Å². The highest BCUT2D eigenvalue weighted by atomic mass is 32.2. The molecule has 1 heterocycles. The SMILES string of the molecule is CCn1cnc(S(=O)(=O)Nc2cc(C)cc(C)c2O)c1. The average molecular weight is 295 g/mol. The third-order valence-electron chi connectivity index (χ3n) is 2.94. The summed E-state index contributed by atoms with van der Waals surface area (Å²) in [5.41, 5.74) is 1.63. The first-order chi connectivity index (χ1) is 9.33. The van der Waals surface area contributed by atoms with Crippen LogP contribution in [-0.2, 0) is 16.6 Å². The summed E-state index contributed by atoms with van der Waals surface area (Å²) in [5, 5.41) is 9.86. The van der Waals surface area contributed by atoms with Crippen molar-refractivity contribution in [1.29, 1.82) is 0 Å². The van der Waals surface area contributed by atoms with Crippen LogP contribution in [0.3, 0.4) is 0 Å². The van der Waals surface area contributed by atoms with Crippen molar-refractivity contribution < 1.29 is 13.5 Å². The molecule has 108 valence electrons. The Morgan fingerprint density at radius 1 is 1.35 bits per heavy atom. The molecule has 0 radical (unpaired) electrons. The summed E-state index contributed by atoms with van der Waals surface area (Å²) in [4.78, 5) is 3.86. The molecule has 2 aromatic rings. The van der Waals surface area contributed by atoms with E-state index < -0.39 is 10.0 Å². The molecular formula is C13H17N3O3S. The highest BCUT2D eigenvalue weighted by Gasteiger charge is 2.19. The van der Waals surface area contributed by atoms with Crippen molar-refractivity contribution in [3.8, 4) is 5.75 Å². The van der Waals surface area contributed by atoms with Gasteiger partial charge in [-0.3, -0.25) is 4.72 Å². The Bertz CT molecular complexity index is 735. The van der Waals surface area contributed by atoms with E-state index in [2.05, 4.69) is 9.71 Å². The van der Waals surface area contributed by atoms with Gasteiger partial charge in [-0.05, 0) is 38.0 Å². The van der Waals surface area contributed by atoms with Crippen LogP contribution in [0.2, 0.25) is 0 Å². The van der Waals surface area contributed by atoms with Gasteiger partial charge in [-0.25, -0.2) is 4.98 Å². The van der Waals surface area contributed by atoms with Crippen LogP contribution in [0.15, 0.2) is 29.7 Å². The Balaban J connectivity index is 2.38. The maximum Gasteiger partial charge on any atom is 0.281 e. The zero-order valence-corrected chi connectivity index (χ0v) is 12.4. The van der Waals surface area contributed by atoms with Gasteiger partial charge in [0.05, 0.1) is 12.0 Å². The molecule has 0 atom stereocenters. The van der Waals surface area contributed by atoms with E-state index in [1.807, 2.05) is 13.8 Å². The lowest BCUT2D eigenvalue weighted by Crippen LogP contribution is -2.14. The van der Waals surface area contributed by atoms with Crippen molar-refractivity contribution in [1.82, 2.24) is 9.55 Å². The summed E-state index contributed by atoms with van der Waals surface area (Å²) in [5.74, 6) is -0.0749. The minimum absolute atomic E-state index is 0.0714. The molecular weight excluding hydrogens is 278 g/mol. The van der Waals surface area contributed by atoms with Crippen LogP contribution in [0, 0.1) is 13.8 Å². The van der Waals surface area contributed by atoms with Crippen LogP contribution < -0.4 is 4.72 Å². The Labute approximate surface area is 118 Å². The third-order valence-corrected chi connectivity index (χ3v) is 4.19. The maximum absolute atomic E-state index is 12.2. The number of anilines is 1. The molecule has 0 fully saturated rings. The Hall–Kier alpha value is -2.02. The number of rotatable bonds is 4. The number of aromatic hydroxyl groups is 1. The Morgan fingerprint density at radius 2 is 2.05 bits per heavy atom. The molecule has 0 spiro atoms. The highest BCUT2D eigenvalue weighted by Crippen LogP contribution is 2.30. The van der Waals surface area contributed by atoms with Crippen LogP contribution in [0.25, 0.3) is 0 Å². The van der Waals surface area contributed by atoms with Gasteiger partial charge in [0.25, 0.3) is 10.0 Å². The molecule has 0 amide bonds. The Morgan fingerprint density at radius 3 is 2.65 bits per heavy atom. The summed E-state index contributed by atoms with van der Waals surface area (Å²) in [6, 6.07) is 3.36. The van der Waals surface area contributed by atoms with Crippen molar-refractivity contribution in [3.05, 3.63) is 35.8 Å². The van der Waals surface area contributed by atoms with Crippen molar-refractivity contribution in [2.24, 2.45) is 0 Å². The molecule has 0 bridgehead atoms. The monoisotopic (exact) mass is 295 g/mol. The lowest BCUT2D eigenvalue weighted by molar-refractivity contribution is 0.473. The van der Waals surface area contributed by atoms with Gasteiger partial charge in [0.1, 0.15) is 5.75 Å². The Kier molecular flexibility index (Phi) is 3.71. The molecule has 0 saturated heterocycles. The zero-order valence-electron chi connectivity index (χ0n) is 11.6. The number of nitrogens with zero attached hydrogens (tertiary/aromatic N) is 2. The number of hydrogen-bond donors (Lipinski definition) is 2. The summed E-state index contributed by atoms with van der Waals surface area (Å²) in [7, 11) is -3.80. The van der Waals surface area contributed by atoms with Gasteiger partial charge in [-0.15, -0.1) is 0 Å². The van der Waals surface area contributed by atoms with E-state index in [1.54, 1.807) is 23.6 Å². The zero-order chi connectivity index (χ0) is 14.9. The van der Waals surface area contributed by atoms with Gasteiger partial charge in [0.15, 0.2) is 5.03 Å². The predicted molar refractivity (Wildman–Crippen MR) is 76.3 cm³/mol. The van der Waals surface area contributed by atoms with E-state index in [-0.39, 0.29) is 16.5 Å². The number of aromatic nitrogens is 2. The maximum atomic E-state index is 12.2. The fourth-order valence-electron chi connectivity index (χ4n) is 1.89. The molecule has 0 aliphatic rings. The van der Waals surface area contributed by atoms with Gasteiger partial charge in [0, 0.05) is 12.7 Å². The van der Waals surface area contributed by atoms with Crippen LogP contribution in [0.5, 0.6) is 5.75 Å². The normalized spacial score (nSPS) is 11.6. The van der Waals surface area contributed by atoms with Gasteiger partial charge in [-0.2, -0.15) is 8.42 Å². The number of phenols is 1. The van der Waals surface area contributed by atoms with E-state index >= 15 is 0 Å². The molecule has 1 aromatic carbocycles. The van der Waals surface area contributed by atoms with Crippen molar-refractivity contribution in [2.45, 2.75) is 32.3 Å². The summed E-state index contributed by atoms with van der Waals surface area (Å²) in [6.07, 6.45) is 2.90. The van der Waals surface area contributed by atoms with Crippen LogP contribution >= 0.6 is 0 Å². The molecule has 0 aliphatic heterocycles. The fourth-order valence-corrected chi connectivity index (χ4v) is 2.90. The molecule has 1 aromatic heterocycles. The van der Waals surface area contributed by atoms with E-state index in [4.69, 9.17) is 0 Å². The van der Waals surface area contributed by atoms with Crippen molar-refractivity contribution in [2.75, 3.05) is 4.72 Å². The molecule has 2 N–H and O–H groups in total. The minimum Gasteiger partial charge on any atom is -0.505 e. The molecule has 6 nitrogen and oxygen atoms in total. The molecule has 0 saturated carbocycles. The van der Waals surface area contributed by atoms with Gasteiger partial charge >= 0.3 is 0 Å². The largest absolute Gasteiger partial charge is 0.505 e. The molecule has 2 rings (SSSR count). The molecule has 7 heteroatoms. The van der Waals surface area contributed by atoms with E-state index in [1.165, 1.54) is 12.5 Å². The lowest BCUT2D eigenvalue weighted by Gasteiger charge is -2.10. The van der Waals surface area contributed by atoms with Gasteiger partial charge < -0.3 is 9.67 Å². The van der Waals surface area contributed by atoms with Crippen molar-refractivity contribution in [3.63, 3.8) is 0 Å². The summed E-state index contributed by atoms with van der Waals surface area (Å²) < 4.78 is 28.4. The first-order valence-corrected chi connectivity index (χ1v) is 7.66. The number of aryl methyl sites for hydroxylation is 3. The molecule has 0 aliphatic carbocycles. The number of nitrogens with one attached hydrogen (secondary N) is 1. The van der Waals surface area contributed by atoms with Gasteiger partial charge in [0.2, 0.25) is 0 Å². The van der Waals surface area contributed by atoms with Crippen LogP contribution in [0.1, 0.15) is 18.1 Å². The van der Waals surface area contributed by atoms with Crippen LogP contribution in [-0.4, -0.2) is 23.1 Å². The third kappa shape index (κ3) is 2.77. The first kappa shape index (κ1) is 14.4. The average Bonchev–Trinajstić information content (AvgIpc) is 2.84. The smallest absolute Gasteiger partial charge is 0.281 e. The minimum atomic E-state index is -3.80. The van der Waals surface area contributed by atoms with E-state index in [9.17, 15) is 13.5 Å². The quantitative estimate of drug-likeness (QED) is 0.845. The summed E-state index contributed by atoms with van der Waals surface area (Å²) >= 11 is 0. The van der Waals surface area contributed by atoms with Crippen molar-refractivity contribution >= 4 is 15.7 Å². The number of sulfonamides is 1. The molecule has 20 heavy (non-hydrogen) atoms. The number of hydrogen-bond acceptors (Lipinski definition) is 4.